The molecule has 2 aliphatic rings. The molecular formula is C29H36BClN2O5. The molecule has 0 spiro atoms. The summed E-state index contributed by atoms with van der Waals surface area (Å²) in [5.74, 6) is -0.680. The van der Waals surface area contributed by atoms with Crippen molar-refractivity contribution in [1.29, 1.82) is 0 Å². The summed E-state index contributed by atoms with van der Waals surface area (Å²) in [6.07, 6.45) is 3.74. The number of anilines is 1. The topological polar surface area (TPSA) is 84.9 Å². The zero-order valence-corrected chi connectivity index (χ0v) is 23.7. The van der Waals surface area contributed by atoms with Crippen LogP contribution in [0.2, 0.25) is 0 Å². The minimum Gasteiger partial charge on any atom is -0.468 e. The summed E-state index contributed by atoms with van der Waals surface area (Å²) >= 11 is 6.15. The molecule has 0 radical (unpaired) electrons. The zero-order valence-electron chi connectivity index (χ0n) is 22.9. The second-order valence-corrected chi connectivity index (χ2v) is 10.6. The maximum absolute atomic E-state index is 13.8. The number of hydrogen-bond acceptors (Lipinski definition) is 6. The van der Waals surface area contributed by atoms with Gasteiger partial charge in [-0.05, 0) is 78.5 Å². The molecule has 0 aromatic heterocycles. The van der Waals surface area contributed by atoms with Gasteiger partial charge in [-0.2, -0.15) is 0 Å². The standard InChI is InChI=1S/C29H36BClN2O5/c1-6-7-15-33-26(34)21-11-8-9-13-24(21)32-30(33)25-19(3)23-17-29(27(35)37-4,28(36)38-5)16-22(23)18(2)20(25)12-10-14-31/h8-9,11,13,32H,6-7,10,12,14-17H2,1-5H3. The number of benzene rings is 2. The quantitative estimate of drug-likeness (QED) is 0.225. The van der Waals surface area contributed by atoms with Crippen molar-refractivity contribution in [3.05, 3.63) is 57.6 Å². The molecule has 0 bridgehead atoms. The maximum atomic E-state index is 13.8. The smallest absolute Gasteiger partial charge is 0.411 e. The monoisotopic (exact) mass is 538 g/mol. The number of carbonyl (C=O) groups is 3. The first-order valence-corrected chi connectivity index (χ1v) is 13.8. The summed E-state index contributed by atoms with van der Waals surface area (Å²) in [6, 6.07) is 7.60. The van der Waals surface area contributed by atoms with Crippen molar-refractivity contribution in [2.24, 2.45) is 5.41 Å². The van der Waals surface area contributed by atoms with Crippen molar-refractivity contribution >= 4 is 47.6 Å². The van der Waals surface area contributed by atoms with Crippen molar-refractivity contribution in [3.8, 4) is 0 Å². The summed E-state index contributed by atoms with van der Waals surface area (Å²) < 4.78 is 10.2. The van der Waals surface area contributed by atoms with E-state index < -0.39 is 17.4 Å². The van der Waals surface area contributed by atoms with Crippen LogP contribution in [0.5, 0.6) is 0 Å². The molecule has 0 fully saturated rings. The molecule has 9 heteroatoms. The number of fused-ring (bicyclic) bond motifs is 2. The van der Waals surface area contributed by atoms with Gasteiger partial charge in [-0.1, -0.05) is 25.5 Å². The third-order valence-electron chi connectivity index (χ3n) is 8.17. The molecule has 38 heavy (non-hydrogen) atoms. The second-order valence-electron chi connectivity index (χ2n) is 10.3. The van der Waals surface area contributed by atoms with Gasteiger partial charge in [0.15, 0.2) is 5.41 Å². The zero-order chi connectivity index (χ0) is 27.6. The number of carbonyl (C=O) groups excluding carboxylic acids is 3. The van der Waals surface area contributed by atoms with Crippen LogP contribution < -0.4 is 10.7 Å². The van der Waals surface area contributed by atoms with Gasteiger partial charge in [0.25, 0.3) is 0 Å². The Kier molecular flexibility index (Phi) is 8.41. The average Bonchev–Trinajstić information content (AvgIpc) is 3.35. The van der Waals surface area contributed by atoms with Crippen LogP contribution in [0.25, 0.3) is 0 Å². The van der Waals surface area contributed by atoms with E-state index in [2.05, 4.69) is 12.2 Å². The van der Waals surface area contributed by atoms with E-state index in [-0.39, 0.29) is 25.7 Å². The molecule has 0 unspecified atom stereocenters. The van der Waals surface area contributed by atoms with Crippen LogP contribution in [0.15, 0.2) is 24.3 Å². The largest absolute Gasteiger partial charge is 0.468 e. The highest BCUT2D eigenvalue weighted by Crippen LogP contribution is 2.43. The number of nitrogens with zero attached hydrogens (tertiary/aromatic N) is 1. The highest BCUT2D eigenvalue weighted by molar-refractivity contribution is 6.77. The number of methoxy groups -OCH3 is 2. The van der Waals surface area contributed by atoms with E-state index in [9.17, 15) is 14.4 Å². The van der Waals surface area contributed by atoms with Gasteiger partial charge in [0.2, 0.25) is 5.91 Å². The Morgan fingerprint density at radius 2 is 1.68 bits per heavy atom. The van der Waals surface area contributed by atoms with E-state index >= 15 is 0 Å². The number of para-hydroxylation sites is 1. The van der Waals surface area contributed by atoms with E-state index in [0.717, 1.165) is 64.7 Å². The number of ether oxygens (including phenoxy) is 2. The van der Waals surface area contributed by atoms with Gasteiger partial charge in [0.05, 0.1) is 19.8 Å². The van der Waals surface area contributed by atoms with Gasteiger partial charge in [-0.15, -0.1) is 11.6 Å². The fourth-order valence-corrected chi connectivity index (χ4v) is 6.28. The molecule has 1 amide bonds. The Hall–Kier alpha value is -3.00. The normalized spacial score (nSPS) is 15.6. The van der Waals surface area contributed by atoms with Gasteiger partial charge in [-0.25, -0.2) is 0 Å². The summed E-state index contributed by atoms with van der Waals surface area (Å²) in [5, 5.41) is 3.66. The molecule has 1 heterocycles. The Morgan fingerprint density at radius 1 is 1.05 bits per heavy atom. The number of hydrogen-bond donors (Lipinski definition) is 1. The van der Waals surface area contributed by atoms with Crippen molar-refractivity contribution in [2.75, 3.05) is 31.9 Å². The molecule has 0 atom stereocenters. The third-order valence-corrected chi connectivity index (χ3v) is 8.44. The van der Waals surface area contributed by atoms with E-state index in [0.29, 0.717) is 18.0 Å². The van der Waals surface area contributed by atoms with Crippen LogP contribution in [0, 0.1) is 19.3 Å². The van der Waals surface area contributed by atoms with Gasteiger partial charge in [-0.3, -0.25) is 14.4 Å². The van der Waals surface area contributed by atoms with Crippen molar-refractivity contribution < 1.29 is 23.9 Å². The van der Waals surface area contributed by atoms with E-state index in [1.807, 2.05) is 42.9 Å². The first-order valence-electron chi connectivity index (χ1n) is 13.3. The van der Waals surface area contributed by atoms with Gasteiger partial charge in [0, 0.05) is 31.0 Å². The lowest BCUT2D eigenvalue weighted by Gasteiger charge is -2.38. The first-order chi connectivity index (χ1) is 18.2. The Morgan fingerprint density at radius 3 is 2.29 bits per heavy atom. The summed E-state index contributed by atoms with van der Waals surface area (Å²) in [5.41, 5.74) is 6.12. The maximum Gasteiger partial charge on any atom is 0.411 e. The fourth-order valence-electron chi connectivity index (χ4n) is 6.15. The van der Waals surface area contributed by atoms with Crippen molar-refractivity contribution in [3.63, 3.8) is 0 Å². The molecule has 2 aromatic carbocycles. The minimum atomic E-state index is -1.42. The van der Waals surface area contributed by atoms with Crippen LogP contribution in [-0.4, -0.2) is 56.3 Å². The highest BCUT2D eigenvalue weighted by Gasteiger charge is 2.54. The van der Waals surface area contributed by atoms with Crippen LogP contribution in [-0.2, 0) is 38.3 Å². The lowest BCUT2D eigenvalue weighted by Crippen LogP contribution is -2.61. The Labute approximate surface area is 230 Å². The van der Waals surface area contributed by atoms with E-state index in [4.69, 9.17) is 21.1 Å². The summed E-state index contributed by atoms with van der Waals surface area (Å²) in [4.78, 5) is 41.7. The minimum absolute atomic E-state index is 0.00267. The van der Waals surface area contributed by atoms with E-state index in [1.54, 1.807) is 0 Å². The van der Waals surface area contributed by atoms with Crippen LogP contribution in [0.1, 0.15) is 64.4 Å². The number of amides is 1. The SMILES string of the molecule is CCCCN1B(c2c(C)c3c(c(C)c2CCCCl)CC(C(=O)OC)(C(=O)OC)C3)Nc2ccccc2C1=O. The number of esters is 2. The highest BCUT2D eigenvalue weighted by atomic mass is 35.5. The Balaban J connectivity index is 1.93. The number of unbranched alkanes of at least 4 members (excludes halogenated alkanes) is 1. The third kappa shape index (κ3) is 4.57. The number of rotatable bonds is 9. The lowest BCUT2D eigenvalue weighted by atomic mass is 9.58. The molecule has 0 saturated heterocycles. The predicted octanol–water partition coefficient (Wildman–Crippen LogP) is 3.97. The number of nitrogens with one attached hydrogen (secondary N) is 1. The van der Waals surface area contributed by atoms with Gasteiger partial charge >= 0.3 is 18.9 Å². The predicted molar refractivity (Wildman–Crippen MR) is 150 cm³/mol. The van der Waals surface area contributed by atoms with Crippen molar-refractivity contribution in [2.45, 2.75) is 59.3 Å². The van der Waals surface area contributed by atoms with Gasteiger partial charge in [0.1, 0.15) is 0 Å². The fraction of sp³-hybridized carbons (Fsp3) is 0.483. The summed E-state index contributed by atoms with van der Waals surface area (Å²) in [7, 11) is 2.60. The molecule has 1 aliphatic heterocycles. The lowest BCUT2D eigenvalue weighted by molar-refractivity contribution is -0.168. The van der Waals surface area contributed by atoms with Crippen LogP contribution in [0.3, 0.4) is 0 Å². The number of halogens is 1. The molecule has 1 aliphatic carbocycles. The molecule has 0 saturated carbocycles. The average molecular weight is 539 g/mol. The molecule has 4 rings (SSSR count). The Bertz CT molecular complexity index is 1250. The van der Waals surface area contributed by atoms with Crippen LogP contribution in [0.4, 0.5) is 5.69 Å². The van der Waals surface area contributed by atoms with E-state index in [1.165, 1.54) is 14.2 Å². The molecule has 1 N–H and O–H groups in total. The first kappa shape index (κ1) is 28.0. The molecule has 7 nitrogen and oxygen atoms in total. The molecular weight excluding hydrogens is 503 g/mol. The second kappa shape index (κ2) is 11.4. The molecule has 2 aromatic rings. The van der Waals surface area contributed by atoms with Crippen molar-refractivity contribution in [1.82, 2.24) is 4.81 Å². The van der Waals surface area contributed by atoms with Crippen LogP contribution >= 0.6 is 11.6 Å². The van der Waals surface area contributed by atoms with Gasteiger partial charge < -0.3 is 19.5 Å². The summed E-state index contributed by atoms with van der Waals surface area (Å²) in [6.45, 7) is 6.42. The number of alkyl halides is 1. The molecule has 202 valence electrons.